The van der Waals surface area contributed by atoms with Gasteiger partial charge in [-0.05, 0) is 75.0 Å². The van der Waals surface area contributed by atoms with Crippen molar-refractivity contribution in [2.45, 2.75) is 50.9 Å². The Hall–Kier alpha value is -2.94. The molecule has 1 aromatic heterocycles. The number of rotatable bonds is 4. The van der Waals surface area contributed by atoms with Gasteiger partial charge < -0.3 is 9.47 Å². The fraction of sp³-hybridized carbons (Fsp3) is 0.458. The highest BCUT2D eigenvalue weighted by Gasteiger charge is 2.35. The molecule has 0 spiro atoms. The molecule has 0 unspecified atom stereocenters. The summed E-state index contributed by atoms with van der Waals surface area (Å²) in [5.41, 5.74) is 0.831. The van der Waals surface area contributed by atoms with Gasteiger partial charge in [-0.1, -0.05) is 6.42 Å². The van der Waals surface area contributed by atoms with Crippen molar-refractivity contribution in [1.29, 1.82) is 0 Å². The minimum absolute atomic E-state index is 0.0362. The number of hydrogen-bond acceptors (Lipinski definition) is 4. The Balaban J connectivity index is 1.58. The highest BCUT2D eigenvalue weighted by Crippen LogP contribution is 2.36. The van der Waals surface area contributed by atoms with E-state index >= 15 is 0 Å². The molecule has 3 heterocycles. The molecule has 2 fully saturated rings. The van der Waals surface area contributed by atoms with E-state index in [0.717, 1.165) is 44.5 Å². The van der Waals surface area contributed by atoms with Crippen LogP contribution in [0.3, 0.4) is 0 Å². The summed E-state index contributed by atoms with van der Waals surface area (Å²) >= 11 is 0. The van der Waals surface area contributed by atoms with Crippen molar-refractivity contribution in [2.75, 3.05) is 13.1 Å². The van der Waals surface area contributed by atoms with E-state index in [9.17, 15) is 23.3 Å². The van der Waals surface area contributed by atoms with Crippen LogP contribution in [0.1, 0.15) is 37.7 Å². The Morgan fingerprint density at radius 2 is 1.79 bits per heavy atom. The summed E-state index contributed by atoms with van der Waals surface area (Å²) in [4.78, 5) is 17.7. The Kier molecular flexibility index (Phi) is 5.60. The maximum atomic E-state index is 13.3. The zero-order valence-electron chi connectivity index (χ0n) is 18.1. The Labute approximate surface area is 189 Å². The molecule has 174 valence electrons. The first kappa shape index (κ1) is 21.9. The third kappa shape index (κ3) is 4.21. The SMILES string of the molecule is O=[N+]([O-])c1ccc(-c2nc3cc(C(F)(F)F)ccc3n2C[C@@H]2CCCN3CCCC[C@H]23)cc1. The first-order valence-electron chi connectivity index (χ1n) is 11.4. The van der Waals surface area contributed by atoms with Gasteiger partial charge in [-0.25, -0.2) is 4.98 Å². The number of imidazole rings is 1. The monoisotopic (exact) mass is 458 g/mol. The lowest BCUT2D eigenvalue weighted by molar-refractivity contribution is -0.384. The molecule has 3 aromatic rings. The first-order valence-corrected chi connectivity index (χ1v) is 11.4. The van der Waals surface area contributed by atoms with E-state index in [1.165, 1.54) is 31.0 Å². The predicted molar refractivity (Wildman–Crippen MR) is 119 cm³/mol. The topological polar surface area (TPSA) is 64.2 Å². The van der Waals surface area contributed by atoms with Crippen molar-refractivity contribution in [3.8, 4) is 11.4 Å². The summed E-state index contributed by atoms with van der Waals surface area (Å²) in [6, 6.07) is 10.2. The van der Waals surface area contributed by atoms with Crippen LogP contribution in [0.2, 0.25) is 0 Å². The molecule has 0 radical (unpaired) electrons. The Morgan fingerprint density at radius 3 is 2.52 bits per heavy atom. The van der Waals surface area contributed by atoms with Crippen molar-refractivity contribution in [3.05, 3.63) is 58.1 Å². The van der Waals surface area contributed by atoms with Gasteiger partial charge in [0.1, 0.15) is 5.82 Å². The average molecular weight is 458 g/mol. The van der Waals surface area contributed by atoms with Gasteiger partial charge in [-0.3, -0.25) is 10.1 Å². The minimum Gasteiger partial charge on any atom is -0.324 e. The molecule has 2 aromatic carbocycles. The number of halogens is 3. The van der Waals surface area contributed by atoms with Gasteiger partial charge in [0, 0.05) is 30.3 Å². The van der Waals surface area contributed by atoms with Crippen LogP contribution in [0.5, 0.6) is 0 Å². The van der Waals surface area contributed by atoms with Crippen LogP contribution in [-0.4, -0.2) is 38.5 Å². The highest BCUT2D eigenvalue weighted by molar-refractivity contribution is 5.81. The lowest BCUT2D eigenvalue weighted by Crippen LogP contribution is -2.49. The summed E-state index contributed by atoms with van der Waals surface area (Å²) in [5, 5.41) is 11.1. The second kappa shape index (κ2) is 8.44. The molecule has 9 heteroatoms. The molecule has 0 aliphatic carbocycles. The lowest BCUT2D eigenvalue weighted by Gasteiger charge is -2.44. The minimum atomic E-state index is -4.45. The Morgan fingerprint density at radius 1 is 1.03 bits per heavy atom. The molecule has 0 saturated carbocycles. The second-order valence-electron chi connectivity index (χ2n) is 9.05. The van der Waals surface area contributed by atoms with Gasteiger partial charge in [0.2, 0.25) is 0 Å². The normalized spacial score (nSPS) is 21.8. The quantitative estimate of drug-likeness (QED) is 0.361. The van der Waals surface area contributed by atoms with E-state index in [0.29, 0.717) is 35.4 Å². The number of hydrogen-bond donors (Lipinski definition) is 0. The standard InChI is InChI=1S/C24H25F3N4O2/c25-24(26,27)18-8-11-22-20(14-18)28-23(16-6-9-19(10-7-16)31(32)33)30(22)15-17-4-3-13-29-12-2-1-5-21(17)29/h6-11,14,17,21H,1-5,12-13,15H2/t17-,21+/m0/s1. The van der Waals surface area contributed by atoms with Crippen LogP contribution in [0, 0.1) is 16.0 Å². The molecule has 2 atom stereocenters. The molecule has 33 heavy (non-hydrogen) atoms. The molecule has 2 saturated heterocycles. The second-order valence-corrected chi connectivity index (χ2v) is 9.05. The summed E-state index contributed by atoms with van der Waals surface area (Å²) in [6.45, 7) is 2.88. The summed E-state index contributed by atoms with van der Waals surface area (Å²) in [7, 11) is 0. The fourth-order valence-electron chi connectivity index (χ4n) is 5.47. The zero-order valence-corrected chi connectivity index (χ0v) is 18.1. The summed E-state index contributed by atoms with van der Waals surface area (Å²) in [5.74, 6) is 0.933. The number of benzene rings is 2. The molecule has 0 N–H and O–H groups in total. The van der Waals surface area contributed by atoms with Crippen molar-refractivity contribution in [3.63, 3.8) is 0 Å². The third-order valence-corrected chi connectivity index (χ3v) is 7.06. The van der Waals surface area contributed by atoms with E-state index < -0.39 is 16.7 Å². The Bertz CT molecular complexity index is 1170. The molecule has 0 bridgehead atoms. The summed E-state index contributed by atoms with van der Waals surface area (Å²) < 4.78 is 42.0. The molecule has 6 nitrogen and oxygen atoms in total. The highest BCUT2D eigenvalue weighted by atomic mass is 19.4. The van der Waals surface area contributed by atoms with Crippen LogP contribution < -0.4 is 0 Å². The van der Waals surface area contributed by atoms with Crippen LogP contribution >= 0.6 is 0 Å². The number of nitrogens with zero attached hydrogens (tertiary/aromatic N) is 4. The van der Waals surface area contributed by atoms with E-state index in [1.54, 1.807) is 12.1 Å². The lowest BCUT2D eigenvalue weighted by atomic mass is 9.83. The maximum absolute atomic E-state index is 13.3. The van der Waals surface area contributed by atoms with Crippen molar-refractivity contribution < 1.29 is 18.1 Å². The van der Waals surface area contributed by atoms with Gasteiger partial charge in [-0.2, -0.15) is 13.2 Å². The number of nitro groups is 1. The van der Waals surface area contributed by atoms with Crippen LogP contribution in [0.25, 0.3) is 22.4 Å². The van der Waals surface area contributed by atoms with Crippen LogP contribution in [0.15, 0.2) is 42.5 Å². The molecule has 2 aliphatic heterocycles. The van der Waals surface area contributed by atoms with Crippen molar-refractivity contribution >= 4 is 16.7 Å². The molecule has 2 aliphatic rings. The fourth-order valence-corrected chi connectivity index (χ4v) is 5.47. The zero-order chi connectivity index (χ0) is 23.2. The van der Waals surface area contributed by atoms with E-state index in [1.807, 2.05) is 4.57 Å². The van der Waals surface area contributed by atoms with E-state index in [2.05, 4.69) is 9.88 Å². The molecular formula is C24H25F3N4O2. The van der Waals surface area contributed by atoms with Gasteiger partial charge in [0.05, 0.1) is 21.5 Å². The first-order chi connectivity index (χ1) is 15.8. The van der Waals surface area contributed by atoms with Gasteiger partial charge in [-0.15, -0.1) is 0 Å². The number of non-ortho nitro benzene ring substituents is 1. The van der Waals surface area contributed by atoms with Crippen LogP contribution in [-0.2, 0) is 12.7 Å². The number of nitro benzene ring substituents is 1. The van der Waals surface area contributed by atoms with E-state index in [-0.39, 0.29) is 11.2 Å². The van der Waals surface area contributed by atoms with Gasteiger partial charge in [0.15, 0.2) is 0 Å². The van der Waals surface area contributed by atoms with Gasteiger partial charge in [0.25, 0.3) is 5.69 Å². The average Bonchev–Trinajstić information content (AvgIpc) is 3.16. The predicted octanol–water partition coefficient (Wildman–Crippen LogP) is 5.89. The molecule has 0 amide bonds. The summed E-state index contributed by atoms with van der Waals surface area (Å²) in [6.07, 6.45) is 1.29. The number of piperidine rings is 2. The number of fused-ring (bicyclic) bond motifs is 2. The number of aromatic nitrogens is 2. The largest absolute Gasteiger partial charge is 0.416 e. The maximum Gasteiger partial charge on any atom is 0.416 e. The van der Waals surface area contributed by atoms with Crippen LogP contribution in [0.4, 0.5) is 18.9 Å². The molecule has 5 rings (SSSR count). The number of alkyl halides is 3. The smallest absolute Gasteiger partial charge is 0.324 e. The van der Waals surface area contributed by atoms with E-state index in [4.69, 9.17) is 0 Å². The van der Waals surface area contributed by atoms with Crippen molar-refractivity contribution in [1.82, 2.24) is 14.5 Å². The van der Waals surface area contributed by atoms with Gasteiger partial charge >= 0.3 is 6.18 Å². The van der Waals surface area contributed by atoms with Crippen molar-refractivity contribution in [2.24, 2.45) is 5.92 Å². The third-order valence-electron chi connectivity index (χ3n) is 7.06. The molecular weight excluding hydrogens is 433 g/mol.